The molecule has 1 aliphatic rings. The molecule has 2 rings (SSSR count). The fourth-order valence-corrected chi connectivity index (χ4v) is 4.12. The van der Waals surface area contributed by atoms with Crippen LogP contribution in [0.5, 0.6) is 0 Å². The van der Waals surface area contributed by atoms with Gasteiger partial charge in [0.15, 0.2) is 0 Å². The van der Waals surface area contributed by atoms with E-state index in [9.17, 15) is 0 Å². The molecule has 1 saturated carbocycles. The molecular formula is C14H18BrCl2N. The Balaban J connectivity index is 2.08. The molecule has 1 aromatic rings. The Morgan fingerprint density at radius 2 is 1.83 bits per heavy atom. The van der Waals surface area contributed by atoms with Crippen LogP contribution in [0.2, 0.25) is 10.0 Å². The molecule has 0 aromatic heterocycles. The van der Waals surface area contributed by atoms with Crippen LogP contribution in [0.3, 0.4) is 0 Å². The highest BCUT2D eigenvalue weighted by Crippen LogP contribution is 2.31. The molecule has 1 nitrogen and oxygen atoms in total. The fraction of sp³-hybridized carbons (Fsp3) is 0.571. The Kier molecular flexibility index (Phi) is 5.37. The van der Waals surface area contributed by atoms with Crippen LogP contribution in [-0.2, 0) is 6.54 Å². The maximum absolute atomic E-state index is 6.23. The van der Waals surface area contributed by atoms with Crippen LogP contribution in [0.25, 0.3) is 0 Å². The van der Waals surface area contributed by atoms with Gasteiger partial charge in [-0.05, 0) is 32.0 Å². The Hall–Kier alpha value is 0.240. The lowest BCUT2D eigenvalue weighted by molar-refractivity contribution is 0.193. The van der Waals surface area contributed by atoms with Gasteiger partial charge in [0.05, 0.1) is 0 Å². The Morgan fingerprint density at radius 1 is 1.22 bits per heavy atom. The van der Waals surface area contributed by atoms with Crippen LogP contribution in [-0.4, -0.2) is 22.8 Å². The van der Waals surface area contributed by atoms with E-state index in [0.717, 1.165) is 22.2 Å². The van der Waals surface area contributed by atoms with Crippen molar-refractivity contribution >= 4 is 39.1 Å². The number of hydrogen-bond donors (Lipinski definition) is 0. The Morgan fingerprint density at radius 3 is 2.44 bits per heavy atom. The molecule has 100 valence electrons. The number of rotatable bonds is 3. The zero-order valence-electron chi connectivity index (χ0n) is 10.5. The van der Waals surface area contributed by atoms with Crippen LogP contribution < -0.4 is 0 Å². The summed E-state index contributed by atoms with van der Waals surface area (Å²) in [4.78, 5) is 2.95. The van der Waals surface area contributed by atoms with Crippen molar-refractivity contribution in [2.24, 2.45) is 0 Å². The summed E-state index contributed by atoms with van der Waals surface area (Å²) in [5, 5.41) is 1.52. The maximum Gasteiger partial charge on any atom is 0.0465 e. The van der Waals surface area contributed by atoms with Crippen molar-refractivity contribution in [1.29, 1.82) is 0 Å². The quantitative estimate of drug-likeness (QED) is 0.683. The minimum absolute atomic E-state index is 0.575. The molecule has 2 unspecified atom stereocenters. The first-order chi connectivity index (χ1) is 8.59. The van der Waals surface area contributed by atoms with Gasteiger partial charge in [0.1, 0.15) is 0 Å². The molecule has 4 heteroatoms. The van der Waals surface area contributed by atoms with Crippen molar-refractivity contribution in [3.63, 3.8) is 0 Å². The van der Waals surface area contributed by atoms with E-state index in [1.54, 1.807) is 0 Å². The van der Waals surface area contributed by atoms with Crippen molar-refractivity contribution in [3.05, 3.63) is 33.8 Å². The van der Waals surface area contributed by atoms with Crippen molar-refractivity contribution < 1.29 is 0 Å². The third kappa shape index (κ3) is 3.41. The molecule has 0 spiro atoms. The van der Waals surface area contributed by atoms with Crippen molar-refractivity contribution in [3.8, 4) is 0 Å². The van der Waals surface area contributed by atoms with E-state index < -0.39 is 0 Å². The first kappa shape index (κ1) is 14.6. The van der Waals surface area contributed by atoms with E-state index in [0.29, 0.717) is 10.9 Å². The Bertz CT molecular complexity index is 391. The lowest BCUT2D eigenvalue weighted by Crippen LogP contribution is -2.40. The molecule has 0 amide bonds. The first-order valence-corrected chi connectivity index (χ1v) is 8.04. The van der Waals surface area contributed by atoms with Crippen LogP contribution in [0.1, 0.15) is 31.2 Å². The third-order valence-corrected chi connectivity index (χ3v) is 5.46. The lowest BCUT2D eigenvalue weighted by Gasteiger charge is -2.35. The molecule has 18 heavy (non-hydrogen) atoms. The fourth-order valence-electron chi connectivity index (χ4n) is 2.61. The SMILES string of the molecule is CN(Cc1c(Cl)cccc1Cl)C1CCCCC1Br. The zero-order valence-corrected chi connectivity index (χ0v) is 13.6. The summed E-state index contributed by atoms with van der Waals surface area (Å²) in [6.45, 7) is 0.811. The molecule has 0 N–H and O–H groups in total. The molecule has 2 atom stereocenters. The summed E-state index contributed by atoms with van der Waals surface area (Å²) >= 11 is 16.3. The molecule has 0 bridgehead atoms. The number of benzene rings is 1. The monoisotopic (exact) mass is 349 g/mol. The van der Waals surface area contributed by atoms with Crippen molar-refractivity contribution in [2.45, 2.75) is 43.1 Å². The summed E-state index contributed by atoms with van der Waals surface area (Å²) in [5.41, 5.74) is 1.04. The first-order valence-electron chi connectivity index (χ1n) is 6.37. The predicted octanol–water partition coefficient (Wildman–Crippen LogP) is 5.13. The number of alkyl halides is 1. The van der Waals surface area contributed by atoms with E-state index in [1.807, 2.05) is 18.2 Å². The van der Waals surface area contributed by atoms with Crippen LogP contribution in [0, 0.1) is 0 Å². The molecule has 1 aromatic carbocycles. The minimum Gasteiger partial charge on any atom is -0.298 e. The van der Waals surface area contributed by atoms with E-state index >= 15 is 0 Å². The van der Waals surface area contributed by atoms with Crippen LogP contribution >= 0.6 is 39.1 Å². The molecule has 0 heterocycles. The molecule has 0 aliphatic heterocycles. The van der Waals surface area contributed by atoms with Crippen LogP contribution in [0.15, 0.2) is 18.2 Å². The van der Waals surface area contributed by atoms with Gasteiger partial charge in [0.25, 0.3) is 0 Å². The van der Waals surface area contributed by atoms with Crippen molar-refractivity contribution in [2.75, 3.05) is 7.05 Å². The standard InChI is InChI=1S/C14H18BrCl2N/c1-18(14-8-3-2-5-11(14)15)9-10-12(16)6-4-7-13(10)17/h4,6-7,11,14H,2-3,5,8-9H2,1H3. The third-order valence-electron chi connectivity index (χ3n) is 3.68. The highest BCUT2D eigenvalue weighted by molar-refractivity contribution is 9.09. The summed E-state index contributed by atoms with van der Waals surface area (Å²) in [7, 11) is 2.16. The van der Waals surface area contributed by atoms with E-state index in [4.69, 9.17) is 23.2 Å². The van der Waals surface area contributed by atoms with Crippen molar-refractivity contribution in [1.82, 2.24) is 4.90 Å². The van der Waals surface area contributed by atoms with E-state index in [2.05, 4.69) is 27.9 Å². The Labute approximate surface area is 128 Å². The smallest absolute Gasteiger partial charge is 0.0465 e. The predicted molar refractivity (Wildman–Crippen MR) is 82.9 cm³/mol. The van der Waals surface area contributed by atoms with E-state index in [1.165, 1.54) is 25.7 Å². The molecule has 1 fully saturated rings. The highest BCUT2D eigenvalue weighted by atomic mass is 79.9. The summed E-state index contributed by atoms with van der Waals surface area (Å²) in [5.74, 6) is 0. The van der Waals surface area contributed by atoms with Gasteiger partial charge in [-0.2, -0.15) is 0 Å². The largest absolute Gasteiger partial charge is 0.298 e. The number of nitrogens with zero attached hydrogens (tertiary/aromatic N) is 1. The van der Waals surface area contributed by atoms with Gasteiger partial charge in [-0.25, -0.2) is 0 Å². The molecule has 0 radical (unpaired) electrons. The highest BCUT2D eigenvalue weighted by Gasteiger charge is 2.26. The van der Waals surface area contributed by atoms with Gasteiger partial charge in [-0.1, -0.05) is 58.0 Å². The summed E-state index contributed by atoms with van der Waals surface area (Å²) in [6, 6.07) is 6.28. The second-order valence-corrected chi connectivity index (χ2v) is 6.97. The normalized spacial score (nSPS) is 24.5. The second-order valence-electron chi connectivity index (χ2n) is 4.98. The van der Waals surface area contributed by atoms with Crippen LogP contribution in [0.4, 0.5) is 0 Å². The van der Waals surface area contributed by atoms with Gasteiger partial charge >= 0.3 is 0 Å². The topological polar surface area (TPSA) is 3.24 Å². The average Bonchev–Trinajstić information content (AvgIpc) is 2.34. The van der Waals surface area contributed by atoms with E-state index in [-0.39, 0.29) is 0 Å². The molecular weight excluding hydrogens is 333 g/mol. The summed E-state index contributed by atoms with van der Waals surface area (Å²) in [6.07, 6.45) is 5.14. The molecule has 1 aliphatic carbocycles. The van der Waals surface area contributed by atoms with Gasteiger partial charge in [0.2, 0.25) is 0 Å². The number of hydrogen-bond acceptors (Lipinski definition) is 1. The lowest BCUT2D eigenvalue weighted by atomic mass is 9.94. The van der Waals surface area contributed by atoms with Gasteiger partial charge < -0.3 is 0 Å². The average molecular weight is 351 g/mol. The second kappa shape index (κ2) is 6.60. The molecule has 0 saturated heterocycles. The number of halogens is 3. The zero-order chi connectivity index (χ0) is 13.1. The van der Waals surface area contributed by atoms with Gasteiger partial charge in [0, 0.05) is 33.0 Å². The van der Waals surface area contributed by atoms with Gasteiger partial charge in [-0.3, -0.25) is 4.90 Å². The maximum atomic E-state index is 6.23. The minimum atomic E-state index is 0.575. The van der Waals surface area contributed by atoms with Gasteiger partial charge in [-0.15, -0.1) is 0 Å². The summed E-state index contributed by atoms with van der Waals surface area (Å²) < 4.78 is 0.